The van der Waals surface area contributed by atoms with Crippen LogP contribution >= 0.6 is 0 Å². The molecule has 0 N–H and O–H groups in total. The third-order valence-corrected chi connectivity index (χ3v) is 2.87. The first kappa shape index (κ1) is 12.4. The Morgan fingerprint density at radius 2 is 2.17 bits per heavy atom. The Balaban J connectivity index is 2.12. The minimum absolute atomic E-state index is 0.764. The molecule has 0 aliphatic carbocycles. The van der Waals surface area contributed by atoms with Crippen LogP contribution in [-0.4, -0.2) is 22.9 Å². The second-order valence-corrected chi connectivity index (χ2v) is 4.08. The van der Waals surface area contributed by atoms with Gasteiger partial charge in [0.05, 0.1) is 19.1 Å². The summed E-state index contributed by atoms with van der Waals surface area (Å²) in [6.07, 6.45) is 4.48. The number of hydrogen-bond acceptors (Lipinski definition) is 3. The maximum absolute atomic E-state index is 5.25. The summed E-state index contributed by atoms with van der Waals surface area (Å²) in [6, 6.07) is 7.72. The fraction of sp³-hybridized carbons (Fsp3) is 0.286. The second kappa shape index (κ2) is 5.49. The highest BCUT2D eigenvalue weighted by Crippen LogP contribution is 2.25. The van der Waals surface area contributed by atoms with Crippen LogP contribution < -0.4 is 4.74 Å². The molecule has 0 saturated heterocycles. The van der Waals surface area contributed by atoms with Gasteiger partial charge >= 0.3 is 0 Å². The van der Waals surface area contributed by atoms with Crippen molar-refractivity contribution < 1.29 is 4.74 Å². The van der Waals surface area contributed by atoms with Gasteiger partial charge in [-0.2, -0.15) is 0 Å². The molecule has 1 aromatic carbocycles. The van der Waals surface area contributed by atoms with E-state index >= 15 is 0 Å². The maximum atomic E-state index is 5.25. The van der Waals surface area contributed by atoms with E-state index in [2.05, 4.69) is 9.98 Å². The van der Waals surface area contributed by atoms with E-state index < -0.39 is 0 Å². The molecule has 2 rings (SSSR count). The number of rotatable bonds is 4. The van der Waals surface area contributed by atoms with Crippen molar-refractivity contribution in [1.29, 1.82) is 0 Å². The van der Waals surface area contributed by atoms with E-state index in [1.807, 2.05) is 55.3 Å². The molecule has 0 radical (unpaired) electrons. The quantitative estimate of drug-likeness (QED) is 0.774. The van der Waals surface area contributed by atoms with Gasteiger partial charge in [-0.15, -0.1) is 0 Å². The Labute approximate surface area is 107 Å². The lowest BCUT2D eigenvalue weighted by atomic mass is 10.2. The van der Waals surface area contributed by atoms with Crippen molar-refractivity contribution in [1.82, 2.24) is 9.55 Å². The number of ether oxygens (including phenoxy) is 1. The average molecular weight is 243 g/mol. The van der Waals surface area contributed by atoms with E-state index in [4.69, 9.17) is 4.74 Å². The van der Waals surface area contributed by atoms with Gasteiger partial charge < -0.3 is 9.30 Å². The van der Waals surface area contributed by atoms with Crippen LogP contribution in [0, 0.1) is 6.92 Å². The first-order valence-electron chi connectivity index (χ1n) is 5.84. The Kier molecular flexibility index (Phi) is 3.77. The molecule has 0 unspecified atom stereocenters. The largest absolute Gasteiger partial charge is 0.494 e. The van der Waals surface area contributed by atoms with Gasteiger partial charge in [-0.25, -0.2) is 4.98 Å². The molecular weight excluding hydrogens is 226 g/mol. The van der Waals surface area contributed by atoms with Crippen LogP contribution in [0.2, 0.25) is 0 Å². The number of aryl methyl sites for hydroxylation is 2. The number of aliphatic imine (C=N–C) groups is 1. The number of imidazole rings is 1. The van der Waals surface area contributed by atoms with Crippen LogP contribution in [0.5, 0.6) is 5.75 Å². The zero-order valence-corrected chi connectivity index (χ0v) is 10.9. The summed E-state index contributed by atoms with van der Waals surface area (Å²) in [7, 11) is 3.64. The molecule has 18 heavy (non-hydrogen) atoms. The predicted molar refractivity (Wildman–Crippen MR) is 72.8 cm³/mol. The monoisotopic (exact) mass is 243 g/mol. The first-order chi connectivity index (χ1) is 8.72. The number of methoxy groups -OCH3 is 1. The number of benzene rings is 1. The number of aromatic nitrogens is 2. The predicted octanol–water partition coefficient (Wildman–Crippen LogP) is 2.68. The number of hydrogen-bond donors (Lipinski definition) is 0. The summed E-state index contributed by atoms with van der Waals surface area (Å²) in [5, 5.41) is 0. The van der Waals surface area contributed by atoms with Crippen molar-refractivity contribution in [3.8, 4) is 5.75 Å². The normalized spacial score (nSPS) is 11.1. The smallest absolute Gasteiger partial charge is 0.144 e. The van der Waals surface area contributed by atoms with E-state index in [1.165, 1.54) is 5.69 Å². The van der Waals surface area contributed by atoms with Gasteiger partial charge in [0, 0.05) is 25.4 Å². The van der Waals surface area contributed by atoms with E-state index in [0.717, 1.165) is 23.6 Å². The number of para-hydroxylation sites is 2. The zero-order valence-electron chi connectivity index (χ0n) is 10.9. The van der Waals surface area contributed by atoms with Crippen molar-refractivity contribution in [2.75, 3.05) is 7.11 Å². The molecule has 0 amide bonds. The zero-order chi connectivity index (χ0) is 13.0. The minimum Gasteiger partial charge on any atom is -0.494 e. The van der Waals surface area contributed by atoms with Crippen molar-refractivity contribution in [3.05, 3.63) is 42.0 Å². The topological polar surface area (TPSA) is 39.4 Å². The Morgan fingerprint density at radius 1 is 1.39 bits per heavy atom. The van der Waals surface area contributed by atoms with Gasteiger partial charge in [0.25, 0.3) is 0 Å². The van der Waals surface area contributed by atoms with Gasteiger partial charge in [0.1, 0.15) is 11.4 Å². The van der Waals surface area contributed by atoms with E-state index in [1.54, 1.807) is 7.11 Å². The molecule has 0 spiro atoms. The highest BCUT2D eigenvalue weighted by Gasteiger charge is 2.02. The highest BCUT2D eigenvalue weighted by atomic mass is 16.5. The second-order valence-electron chi connectivity index (χ2n) is 4.08. The number of nitrogens with zero attached hydrogens (tertiary/aromatic N) is 3. The van der Waals surface area contributed by atoms with Crippen LogP contribution in [0.4, 0.5) is 5.69 Å². The lowest BCUT2D eigenvalue weighted by Crippen LogP contribution is -1.97. The molecule has 0 bridgehead atoms. The summed E-state index contributed by atoms with van der Waals surface area (Å²) in [4.78, 5) is 8.70. The van der Waals surface area contributed by atoms with Gasteiger partial charge in [0.15, 0.2) is 0 Å². The molecule has 0 saturated carbocycles. The van der Waals surface area contributed by atoms with Crippen LogP contribution in [0.1, 0.15) is 11.4 Å². The van der Waals surface area contributed by atoms with Gasteiger partial charge in [-0.05, 0) is 19.1 Å². The average Bonchev–Trinajstić information content (AvgIpc) is 2.71. The van der Waals surface area contributed by atoms with E-state index in [9.17, 15) is 0 Å². The third kappa shape index (κ3) is 2.59. The Morgan fingerprint density at radius 3 is 2.83 bits per heavy atom. The van der Waals surface area contributed by atoms with Gasteiger partial charge in [0.2, 0.25) is 0 Å². The van der Waals surface area contributed by atoms with Crippen LogP contribution in [0.25, 0.3) is 0 Å². The minimum atomic E-state index is 0.764. The standard InChI is InChI=1S/C14H17N3O/c1-11-13(17(2)10-16-11)8-9-15-12-6-4-5-7-14(12)18-3/h4-7,9-10H,8H2,1-3H3. The lowest BCUT2D eigenvalue weighted by molar-refractivity contribution is 0.416. The molecular formula is C14H17N3O. The van der Waals surface area contributed by atoms with Gasteiger partial charge in [-0.1, -0.05) is 12.1 Å². The molecule has 1 aromatic heterocycles. The summed E-state index contributed by atoms with van der Waals surface area (Å²) < 4.78 is 7.27. The first-order valence-corrected chi connectivity index (χ1v) is 5.84. The van der Waals surface area contributed by atoms with E-state index in [-0.39, 0.29) is 0 Å². The maximum Gasteiger partial charge on any atom is 0.144 e. The molecule has 0 aliphatic heterocycles. The van der Waals surface area contributed by atoms with Gasteiger partial charge in [-0.3, -0.25) is 4.99 Å². The van der Waals surface area contributed by atoms with Crippen LogP contribution in [0.15, 0.2) is 35.6 Å². The van der Waals surface area contributed by atoms with Crippen molar-refractivity contribution in [3.63, 3.8) is 0 Å². The summed E-state index contributed by atoms with van der Waals surface area (Å²) in [5.74, 6) is 0.787. The van der Waals surface area contributed by atoms with Crippen LogP contribution in [-0.2, 0) is 13.5 Å². The fourth-order valence-corrected chi connectivity index (χ4v) is 1.83. The highest BCUT2D eigenvalue weighted by molar-refractivity contribution is 5.68. The molecule has 0 atom stereocenters. The molecule has 4 heteroatoms. The third-order valence-electron chi connectivity index (χ3n) is 2.87. The Bertz CT molecular complexity index is 538. The van der Waals surface area contributed by atoms with Crippen molar-refractivity contribution in [2.45, 2.75) is 13.3 Å². The van der Waals surface area contributed by atoms with Crippen LogP contribution in [0.3, 0.4) is 0 Å². The molecule has 1 heterocycles. The summed E-state index contributed by atoms with van der Waals surface area (Å²) >= 11 is 0. The molecule has 0 aliphatic rings. The summed E-state index contributed by atoms with van der Waals surface area (Å²) in [6.45, 7) is 2.01. The fourth-order valence-electron chi connectivity index (χ4n) is 1.83. The SMILES string of the molecule is COc1ccccc1N=CCc1c(C)ncn1C. The summed E-state index contributed by atoms with van der Waals surface area (Å²) in [5.41, 5.74) is 3.07. The van der Waals surface area contributed by atoms with E-state index in [0.29, 0.717) is 0 Å². The van der Waals surface area contributed by atoms with Crippen molar-refractivity contribution >= 4 is 11.9 Å². The van der Waals surface area contributed by atoms with Crippen molar-refractivity contribution in [2.24, 2.45) is 12.0 Å². The molecule has 0 fully saturated rings. The molecule has 4 nitrogen and oxygen atoms in total. The Hall–Kier alpha value is -2.10. The molecule has 2 aromatic rings. The molecule has 94 valence electrons. The lowest BCUT2D eigenvalue weighted by Gasteiger charge is -2.03.